The van der Waals surface area contributed by atoms with Crippen LogP contribution < -0.4 is 9.47 Å². The molecule has 1 saturated heterocycles. The predicted octanol–water partition coefficient (Wildman–Crippen LogP) is 2.86. The van der Waals surface area contributed by atoms with E-state index in [0.29, 0.717) is 42.7 Å². The van der Waals surface area contributed by atoms with Crippen LogP contribution in [0.5, 0.6) is 11.5 Å². The van der Waals surface area contributed by atoms with Crippen molar-refractivity contribution in [3.8, 4) is 11.5 Å². The Labute approximate surface area is 165 Å². The minimum absolute atomic E-state index is 0.214. The number of methoxy groups -OCH3 is 2. The van der Waals surface area contributed by atoms with Crippen molar-refractivity contribution in [1.82, 2.24) is 9.21 Å². The minimum atomic E-state index is -3.57. The SMILES string of the molecule is COc1ccc(S(=O)(=O)N2CCN(Cc3ccc(Cl)cc3)CC2)cc1OC. The van der Waals surface area contributed by atoms with Gasteiger partial charge in [-0.15, -0.1) is 0 Å². The Bertz CT molecular complexity index is 879. The van der Waals surface area contributed by atoms with Gasteiger partial charge in [0.2, 0.25) is 10.0 Å². The van der Waals surface area contributed by atoms with Crippen molar-refractivity contribution in [3.63, 3.8) is 0 Å². The summed E-state index contributed by atoms with van der Waals surface area (Å²) in [6.45, 7) is 3.03. The number of hydrogen-bond acceptors (Lipinski definition) is 5. The quantitative estimate of drug-likeness (QED) is 0.732. The lowest BCUT2D eigenvalue weighted by atomic mass is 10.2. The average Bonchev–Trinajstić information content (AvgIpc) is 2.69. The third kappa shape index (κ3) is 4.55. The van der Waals surface area contributed by atoms with E-state index < -0.39 is 10.0 Å². The molecule has 0 atom stereocenters. The van der Waals surface area contributed by atoms with Crippen molar-refractivity contribution in [3.05, 3.63) is 53.1 Å². The third-order valence-electron chi connectivity index (χ3n) is 4.64. The normalized spacial score (nSPS) is 16.3. The zero-order valence-corrected chi connectivity index (χ0v) is 17.0. The second-order valence-corrected chi connectivity index (χ2v) is 8.70. The Balaban J connectivity index is 1.66. The fourth-order valence-corrected chi connectivity index (χ4v) is 4.67. The summed E-state index contributed by atoms with van der Waals surface area (Å²) in [4.78, 5) is 2.45. The number of sulfonamides is 1. The summed E-state index contributed by atoms with van der Waals surface area (Å²) in [5.74, 6) is 0.907. The number of rotatable bonds is 6. The monoisotopic (exact) mass is 410 g/mol. The Morgan fingerprint density at radius 3 is 2.15 bits per heavy atom. The van der Waals surface area contributed by atoms with Crippen LogP contribution in [0.1, 0.15) is 5.56 Å². The molecule has 0 spiro atoms. The highest BCUT2D eigenvalue weighted by Gasteiger charge is 2.29. The van der Waals surface area contributed by atoms with E-state index >= 15 is 0 Å². The van der Waals surface area contributed by atoms with Crippen molar-refractivity contribution in [1.29, 1.82) is 0 Å². The van der Waals surface area contributed by atoms with Gasteiger partial charge in [0.25, 0.3) is 0 Å². The fraction of sp³-hybridized carbons (Fsp3) is 0.368. The summed E-state index contributed by atoms with van der Waals surface area (Å²) in [5.41, 5.74) is 1.16. The lowest BCUT2D eigenvalue weighted by molar-refractivity contribution is 0.181. The average molecular weight is 411 g/mol. The summed E-state index contributed by atoms with van der Waals surface area (Å²) in [6.07, 6.45) is 0. The van der Waals surface area contributed by atoms with Crippen molar-refractivity contribution >= 4 is 21.6 Å². The van der Waals surface area contributed by atoms with Crippen LogP contribution >= 0.6 is 11.6 Å². The van der Waals surface area contributed by atoms with E-state index in [4.69, 9.17) is 21.1 Å². The van der Waals surface area contributed by atoms with Gasteiger partial charge < -0.3 is 9.47 Å². The van der Waals surface area contributed by atoms with E-state index in [1.54, 1.807) is 12.1 Å². The van der Waals surface area contributed by atoms with Crippen LogP contribution in [0.2, 0.25) is 5.02 Å². The lowest BCUT2D eigenvalue weighted by Crippen LogP contribution is -2.48. The van der Waals surface area contributed by atoms with E-state index in [9.17, 15) is 8.42 Å². The third-order valence-corrected chi connectivity index (χ3v) is 6.79. The van der Waals surface area contributed by atoms with Gasteiger partial charge in [-0.2, -0.15) is 4.31 Å². The molecule has 0 aliphatic carbocycles. The summed E-state index contributed by atoms with van der Waals surface area (Å²) in [7, 11) is -0.558. The van der Waals surface area contributed by atoms with Gasteiger partial charge in [-0.1, -0.05) is 23.7 Å². The second kappa shape index (κ2) is 8.48. The molecular weight excluding hydrogens is 388 g/mol. The van der Waals surface area contributed by atoms with Crippen LogP contribution in [0.25, 0.3) is 0 Å². The molecule has 27 heavy (non-hydrogen) atoms. The Morgan fingerprint density at radius 2 is 1.56 bits per heavy atom. The smallest absolute Gasteiger partial charge is 0.243 e. The maximum Gasteiger partial charge on any atom is 0.243 e. The van der Waals surface area contributed by atoms with E-state index in [0.717, 1.165) is 12.1 Å². The molecule has 1 aliphatic rings. The predicted molar refractivity (Wildman–Crippen MR) is 105 cm³/mol. The molecule has 146 valence electrons. The van der Waals surface area contributed by atoms with Crippen LogP contribution in [-0.4, -0.2) is 58.0 Å². The molecule has 2 aromatic rings. The number of ether oxygens (including phenoxy) is 2. The maximum atomic E-state index is 13.0. The maximum absolute atomic E-state index is 13.0. The van der Waals surface area contributed by atoms with Gasteiger partial charge in [-0.3, -0.25) is 4.90 Å². The molecule has 0 bridgehead atoms. The first-order valence-electron chi connectivity index (χ1n) is 8.63. The van der Waals surface area contributed by atoms with Crippen LogP contribution in [0, 0.1) is 0 Å². The van der Waals surface area contributed by atoms with E-state index in [-0.39, 0.29) is 4.90 Å². The molecule has 3 rings (SSSR count). The van der Waals surface area contributed by atoms with Crippen LogP contribution in [0.3, 0.4) is 0 Å². The summed E-state index contributed by atoms with van der Waals surface area (Å²) < 4.78 is 37.8. The molecule has 6 nitrogen and oxygen atoms in total. The summed E-state index contributed by atoms with van der Waals surface area (Å²) in [6, 6.07) is 12.4. The Morgan fingerprint density at radius 1 is 0.926 bits per heavy atom. The summed E-state index contributed by atoms with van der Waals surface area (Å²) in [5, 5.41) is 0.713. The molecular formula is C19H23ClN2O4S. The Kier molecular flexibility index (Phi) is 6.26. The standard InChI is InChI=1S/C19H23ClN2O4S/c1-25-18-8-7-17(13-19(18)26-2)27(23,24)22-11-9-21(10-12-22)14-15-3-5-16(20)6-4-15/h3-8,13H,9-12,14H2,1-2H3. The minimum Gasteiger partial charge on any atom is -0.493 e. The highest BCUT2D eigenvalue weighted by molar-refractivity contribution is 7.89. The van der Waals surface area contributed by atoms with Crippen LogP contribution in [0.15, 0.2) is 47.4 Å². The number of halogens is 1. The molecule has 8 heteroatoms. The number of benzene rings is 2. The fourth-order valence-electron chi connectivity index (χ4n) is 3.10. The van der Waals surface area contributed by atoms with Gasteiger partial charge in [0.05, 0.1) is 19.1 Å². The van der Waals surface area contributed by atoms with E-state index in [2.05, 4.69) is 4.90 Å². The number of nitrogens with zero attached hydrogens (tertiary/aromatic N) is 2. The molecule has 0 amide bonds. The van der Waals surface area contributed by atoms with Crippen LogP contribution in [0.4, 0.5) is 0 Å². The molecule has 0 radical (unpaired) electrons. The number of piperazine rings is 1. The topological polar surface area (TPSA) is 59.1 Å². The van der Waals surface area contributed by atoms with Crippen molar-refractivity contribution < 1.29 is 17.9 Å². The first-order chi connectivity index (χ1) is 12.9. The molecule has 0 aromatic heterocycles. The largest absolute Gasteiger partial charge is 0.493 e. The molecule has 1 aliphatic heterocycles. The van der Waals surface area contributed by atoms with Crippen molar-refractivity contribution in [2.45, 2.75) is 11.4 Å². The molecule has 1 heterocycles. The molecule has 0 unspecified atom stereocenters. The van der Waals surface area contributed by atoms with E-state index in [1.165, 1.54) is 24.6 Å². The zero-order valence-electron chi connectivity index (χ0n) is 15.4. The van der Waals surface area contributed by atoms with Crippen LogP contribution in [-0.2, 0) is 16.6 Å². The van der Waals surface area contributed by atoms with Crippen molar-refractivity contribution in [2.75, 3.05) is 40.4 Å². The highest BCUT2D eigenvalue weighted by atomic mass is 35.5. The van der Waals surface area contributed by atoms with Gasteiger partial charge in [0.1, 0.15) is 0 Å². The van der Waals surface area contributed by atoms with Gasteiger partial charge in [-0.25, -0.2) is 8.42 Å². The first-order valence-corrected chi connectivity index (χ1v) is 10.4. The molecule has 0 saturated carbocycles. The van der Waals surface area contributed by atoms with Gasteiger partial charge in [0.15, 0.2) is 11.5 Å². The molecule has 0 N–H and O–H groups in total. The van der Waals surface area contributed by atoms with Gasteiger partial charge >= 0.3 is 0 Å². The lowest BCUT2D eigenvalue weighted by Gasteiger charge is -2.34. The van der Waals surface area contributed by atoms with Gasteiger partial charge in [0, 0.05) is 43.8 Å². The highest BCUT2D eigenvalue weighted by Crippen LogP contribution is 2.31. The zero-order chi connectivity index (χ0) is 19.4. The van der Waals surface area contributed by atoms with Gasteiger partial charge in [-0.05, 0) is 29.8 Å². The van der Waals surface area contributed by atoms with Crippen molar-refractivity contribution in [2.24, 2.45) is 0 Å². The van der Waals surface area contributed by atoms with E-state index in [1.807, 2.05) is 24.3 Å². The second-order valence-electron chi connectivity index (χ2n) is 6.32. The Hall–Kier alpha value is -1.80. The number of hydrogen-bond donors (Lipinski definition) is 0. The first kappa shape index (κ1) is 19.9. The molecule has 1 fully saturated rings. The summed E-state index contributed by atoms with van der Waals surface area (Å²) >= 11 is 5.92. The molecule has 2 aromatic carbocycles.